The van der Waals surface area contributed by atoms with Crippen molar-refractivity contribution in [3.8, 4) is 28.3 Å². The highest BCUT2D eigenvalue weighted by molar-refractivity contribution is 5.96. The average molecular weight is 480 g/mol. The molecule has 0 fully saturated rings. The number of phenols is 1. The number of anilines is 1. The summed E-state index contributed by atoms with van der Waals surface area (Å²) < 4.78 is 14.1. The largest absolute Gasteiger partial charge is 0.508 e. The molecule has 0 saturated heterocycles. The smallest absolute Gasteiger partial charge is 0.127 e. The molecule has 0 unspecified atom stereocenters. The fourth-order valence-electron chi connectivity index (χ4n) is 4.38. The lowest BCUT2D eigenvalue weighted by Crippen LogP contribution is -2.08. The molecule has 0 saturated carbocycles. The van der Waals surface area contributed by atoms with E-state index in [0.717, 1.165) is 62.0 Å². The van der Waals surface area contributed by atoms with Crippen LogP contribution in [0.5, 0.6) is 5.75 Å². The van der Waals surface area contributed by atoms with E-state index in [1.54, 1.807) is 12.2 Å². The number of nitrogens with one attached hydrogen (secondary N) is 2. The Labute approximate surface area is 208 Å². The maximum absolute atomic E-state index is 14.1. The van der Waals surface area contributed by atoms with Crippen molar-refractivity contribution in [3.63, 3.8) is 0 Å². The van der Waals surface area contributed by atoms with Crippen LogP contribution in [0.4, 0.5) is 10.1 Å². The van der Waals surface area contributed by atoms with Gasteiger partial charge in [0.25, 0.3) is 0 Å². The lowest BCUT2D eigenvalue weighted by Gasteiger charge is -2.13. The molecule has 0 bridgehead atoms. The number of hydrogen-bond acceptors (Lipinski definition) is 4. The van der Waals surface area contributed by atoms with Crippen molar-refractivity contribution in [1.29, 1.82) is 0 Å². The van der Waals surface area contributed by atoms with Gasteiger partial charge in [-0.2, -0.15) is 5.10 Å². The lowest BCUT2D eigenvalue weighted by molar-refractivity contribution is 0.469. The van der Waals surface area contributed by atoms with Gasteiger partial charge < -0.3 is 15.0 Å². The van der Waals surface area contributed by atoms with Gasteiger partial charge in [-0.1, -0.05) is 24.8 Å². The highest BCUT2D eigenvalue weighted by Crippen LogP contribution is 2.35. The summed E-state index contributed by atoms with van der Waals surface area (Å²) in [6, 6.07) is 14.3. The third kappa shape index (κ3) is 4.27. The first kappa shape index (κ1) is 23.1. The zero-order chi connectivity index (χ0) is 25.4. The molecule has 3 heterocycles. The van der Waals surface area contributed by atoms with Crippen molar-refractivity contribution in [2.45, 2.75) is 6.92 Å². The summed E-state index contributed by atoms with van der Waals surface area (Å²) in [5.74, 6) is -0.640. The fraction of sp³-hybridized carbons (Fsp3) is 0.103. The second-order valence-corrected chi connectivity index (χ2v) is 8.89. The zero-order valence-corrected chi connectivity index (χ0v) is 20.3. The number of hydrogen-bond donors (Lipinski definition) is 3. The predicted molar refractivity (Wildman–Crippen MR) is 144 cm³/mol. The number of rotatable bonds is 6. The van der Waals surface area contributed by atoms with E-state index in [-0.39, 0.29) is 5.75 Å². The minimum absolute atomic E-state index is 0.132. The maximum atomic E-state index is 14.1. The first-order valence-corrected chi connectivity index (χ1v) is 11.5. The molecule has 180 valence electrons. The van der Waals surface area contributed by atoms with Gasteiger partial charge in [0.15, 0.2) is 0 Å². The van der Waals surface area contributed by atoms with Crippen molar-refractivity contribution < 1.29 is 9.50 Å². The molecule has 3 N–H and O–H groups in total. The molecule has 5 rings (SSSR count). The van der Waals surface area contributed by atoms with Crippen LogP contribution >= 0.6 is 0 Å². The molecule has 7 heteroatoms. The number of aromatic hydroxyl groups is 1. The van der Waals surface area contributed by atoms with Crippen molar-refractivity contribution in [3.05, 3.63) is 102 Å². The number of aromatic nitrogens is 4. The van der Waals surface area contributed by atoms with Crippen LogP contribution in [0, 0.1) is 12.7 Å². The number of aromatic amines is 2. The maximum Gasteiger partial charge on any atom is 0.127 e. The number of halogens is 1. The molecule has 5 aromatic rings. The topological polar surface area (TPSA) is 80.8 Å². The normalized spacial score (nSPS) is 11.7. The van der Waals surface area contributed by atoms with Crippen LogP contribution in [0.25, 0.3) is 39.0 Å². The first-order chi connectivity index (χ1) is 17.3. The molecule has 0 aliphatic rings. The number of nitrogens with zero attached hydrogens (tertiary/aromatic N) is 3. The third-order valence-electron chi connectivity index (χ3n) is 6.17. The second kappa shape index (κ2) is 9.19. The molecule has 0 radical (unpaired) electrons. The van der Waals surface area contributed by atoms with E-state index in [1.807, 2.05) is 56.5 Å². The van der Waals surface area contributed by atoms with Crippen molar-refractivity contribution in [1.82, 2.24) is 20.2 Å². The highest BCUT2D eigenvalue weighted by atomic mass is 19.1. The van der Waals surface area contributed by atoms with E-state index in [9.17, 15) is 9.50 Å². The van der Waals surface area contributed by atoms with Crippen LogP contribution in [0.3, 0.4) is 0 Å². The molecular weight excluding hydrogens is 453 g/mol. The monoisotopic (exact) mass is 479 g/mol. The predicted octanol–water partition coefficient (Wildman–Crippen LogP) is 6.46. The highest BCUT2D eigenvalue weighted by Gasteiger charge is 2.17. The molecule has 0 spiro atoms. The summed E-state index contributed by atoms with van der Waals surface area (Å²) in [5, 5.41) is 18.6. The quantitative estimate of drug-likeness (QED) is 0.244. The molecule has 0 amide bonds. The Morgan fingerprint density at radius 3 is 2.64 bits per heavy atom. The van der Waals surface area contributed by atoms with Gasteiger partial charge >= 0.3 is 0 Å². The zero-order valence-electron chi connectivity index (χ0n) is 20.3. The fourth-order valence-corrected chi connectivity index (χ4v) is 4.38. The Balaban J connectivity index is 1.60. The summed E-state index contributed by atoms with van der Waals surface area (Å²) in [4.78, 5) is 9.84. The number of pyridine rings is 1. The number of allylic oxidation sites excluding steroid dienone is 2. The Morgan fingerprint density at radius 1 is 1.06 bits per heavy atom. The van der Waals surface area contributed by atoms with Crippen LogP contribution in [0.2, 0.25) is 0 Å². The van der Waals surface area contributed by atoms with Gasteiger partial charge in [-0.3, -0.25) is 10.1 Å². The van der Waals surface area contributed by atoms with Gasteiger partial charge in [-0.25, -0.2) is 4.39 Å². The van der Waals surface area contributed by atoms with E-state index < -0.39 is 5.82 Å². The minimum Gasteiger partial charge on any atom is -0.508 e. The lowest BCUT2D eigenvalue weighted by atomic mass is 9.97. The number of aryl methyl sites for hydroxylation is 1. The number of phenolic OH excluding ortho intramolecular Hbond substituents is 1. The van der Waals surface area contributed by atoms with Gasteiger partial charge in [0.2, 0.25) is 0 Å². The third-order valence-corrected chi connectivity index (χ3v) is 6.17. The van der Waals surface area contributed by atoms with Crippen LogP contribution in [0.15, 0.2) is 79.7 Å². The van der Waals surface area contributed by atoms with E-state index in [0.29, 0.717) is 5.56 Å². The van der Waals surface area contributed by atoms with Gasteiger partial charge in [-0.15, -0.1) is 0 Å². The molecule has 0 aliphatic carbocycles. The molecule has 3 aromatic heterocycles. The van der Waals surface area contributed by atoms with Gasteiger partial charge in [0.05, 0.1) is 23.1 Å². The number of H-pyrrole nitrogens is 2. The van der Waals surface area contributed by atoms with Gasteiger partial charge in [-0.05, 0) is 60.0 Å². The summed E-state index contributed by atoms with van der Waals surface area (Å²) >= 11 is 0. The minimum atomic E-state index is -0.507. The molecule has 36 heavy (non-hydrogen) atoms. The molecule has 2 aromatic carbocycles. The van der Waals surface area contributed by atoms with E-state index in [2.05, 4.69) is 38.9 Å². The average Bonchev–Trinajstić information content (AvgIpc) is 3.44. The van der Waals surface area contributed by atoms with E-state index >= 15 is 0 Å². The second-order valence-electron chi connectivity index (χ2n) is 8.89. The van der Waals surface area contributed by atoms with Crippen LogP contribution in [-0.4, -0.2) is 39.4 Å². The van der Waals surface area contributed by atoms with Crippen LogP contribution < -0.4 is 4.90 Å². The molecule has 6 nitrogen and oxygen atoms in total. The van der Waals surface area contributed by atoms with Crippen LogP contribution in [0.1, 0.15) is 16.8 Å². The molecule has 0 atom stereocenters. The first-order valence-electron chi connectivity index (χ1n) is 11.5. The standard InChI is InChI=1S/C29H26FN5O/c1-5-6-24(19-9-21(30)13-23(36)11-19)25-14-28(32-17(25)2)29-26-12-18(7-8-27(26)33-34-29)20-10-22(35(3)4)16-31-15-20/h5-16,32,36H,1H2,2-4H3,(H,33,34)/b24-6-. The van der Waals surface area contributed by atoms with Gasteiger partial charge in [0.1, 0.15) is 17.3 Å². The summed E-state index contributed by atoms with van der Waals surface area (Å²) in [6.07, 6.45) is 7.14. The molecule has 0 aliphatic heterocycles. The van der Waals surface area contributed by atoms with Crippen molar-refractivity contribution in [2.24, 2.45) is 0 Å². The number of fused-ring (bicyclic) bond motifs is 1. The number of benzene rings is 2. The Hall–Kier alpha value is -4.65. The summed E-state index contributed by atoms with van der Waals surface area (Å²) in [5.41, 5.74) is 8.64. The Bertz CT molecular complexity index is 1610. The van der Waals surface area contributed by atoms with E-state index in [4.69, 9.17) is 0 Å². The van der Waals surface area contributed by atoms with Crippen molar-refractivity contribution >= 4 is 22.2 Å². The SMILES string of the molecule is C=C/C=C(/c1cc(O)cc(F)c1)c1cc(-c2n[nH]c3ccc(-c4cncc(N(C)C)c4)cc23)[nH]c1C. The van der Waals surface area contributed by atoms with Gasteiger partial charge in [0, 0.05) is 48.6 Å². The Morgan fingerprint density at radius 2 is 1.89 bits per heavy atom. The van der Waals surface area contributed by atoms with Crippen molar-refractivity contribution in [2.75, 3.05) is 19.0 Å². The van der Waals surface area contributed by atoms with Crippen LogP contribution in [-0.2, 0) is 0 Å². The van der Waals surface area contributed by atoms with E-state index in [1.165, 1.54) is 12.1 Å². The summed E-state index contributed by atoms with van der Waals surface area (Å²) in [7, 11) is 3.98. The molecular formula is C29H26FN5O. The Kier molecular flexibility index (Phi) is 5.90. The summed E-state index contributed by atoms with van der Waals surface area (Å²) in [6.45, 7) is 5.76.